The number of para-hydroxylation sites is 2. The Balaban J connectivity index is 1.30. The van der Waals surface area contributed by atoms with E-state index in [-0.39, 0.29) is 0 Å². The molecule has 28 heavy (non-hydrogen) atoms. The van der Waals surface area contributed by atoms with Crippen LogP contribution in [0.25, 0.3) is 11.1 Å². The first-order chi connectivity index (χ1) is 13.8. The number of piperidine rings is 1. The highest BCUT2D eigenvalue weighted by atomic mass is 16.4. The second-order valence-electron chi connectivity index (χ2n) is 7.18. The van der Waals surface area contributed by atoms with Crippen molar-refractivity contribution in [1.82, 2.24) is 29.3 Å². The van der Waals surface area contributed by atoms with Gasteiger partial charge in [0.2, 0.25) is 0 Å². The summed E-state index contributed by atoms with van der Waals surface area (Å²) in [5, 5.41) is 9.01. The summed E-state index contributed by atoms with van der Waals surface area (Å²) in [6.07, 6.45) is 7.58. The Morgan fingerprint density at radius 1 is 1.14 bits per heavy atom. The maximum Gasteiger partial charge on any atom is 0.298 e. The summed E-state index contributed by atoms with van der Waals surface area (Å²) < 4.78 is 10.2. The zero-order valence-electron chi connectivity index (χ0n) is 15.9. The van der Waals surface area contributed by atoms with Crippen LogP contribution < -0.4 is 4.90 Å². The Bertz CT molecular complexity index is 1020. The van der Waals surface area contributed by atoms with E-state index in [0.29, 0.717) is 12.5 Å². The van der Waals surface area contributed by atoms with Crippen LogP contribution in [-0.4, -0.2) is 42.4 Å². The molecule has 0 N–H and O–H groups in total. The van der Waals surface area contributed by atoms with Crippen molar-refractivity contribution in [1.29, 1.82) is 0 Å². The van der Waals surface area contributed by atoms with E-state index in [2.05, 4.69) is 36.6 Å². The number of rotatable bonds is 5. The first-order valence-electron chi connectivity index (χ1n) is 9.80. The molecular formula is C20H23N7O. The van der Waals surface area contributed by atoms with E-state index in [0.717, 1.165) is 61.2 Å². The molecule has 0 atom stereocenters. The van der Waals surface area contributed by atoms with Gasteiger partial charge >= 0.3 is 0 Å². The number of hydrogen-bond donors (Lipinski definition) is 0. The zero-order chi connectivity index (χ0) is 18.9. The third-order valence-corrected chi connectivity index (χ3v) is 5.47. The SMILES string of the molecule is CCn1c(Cn2ccnc2)nnc1C1CCN(c2nc3ccccc3o2)CC1. The van der Waals surface area contributed by atoms with Crippen LogP contribution >= 0.6 is 0 Å². The fourth-order valence-corrected chi connectivity index (χ4v) is 3.98. The van der Waals surface area contributed by atoms with Crippen molar-refractivity contribution in [2.24, 2.45) is 0 Å². The first-order valence-corrected chi connectivity index (χ1v) is 9.80. The van der Waals surface area contributed by atoms with Gasteiger partial charge in [0.15, 0.2) is 11.4 Å². The summed E-state index contributed by atoms with van der Waals surface area (Å²) in [6, 6.07) is 8.63. The summed E-state index contributed by atoms with van der Waals surface area (Å²) in [5.74, 6) is 2.48. The summed E-state index contributed by atoms with van der Waals surface area (Å²) in [5.41, 5.74) is 1.75. The zero-order valence-corrected chi connectivity index (χ0v) is 15.9. The van der Waals surface area contributed by atoms with E-state index in [4.69, 9.17) is 4.42 Å². The second-order valence-corrected chi connectivity index (χ2v) is 7.18. The monoisotopic (exact) mass is 377 g/mol. The van der Waals surface area contributed by atoms with Crippen LogP contribution in [0.3, 0.4) is 0 Å². The van der Waals surface area contributed by atoms with Gasteiger partial charge < -0.3 is 18.5 Å². The van der Waals surface area contributed by atoms with Crippen LogP contribution in [0.2, 0.25) is 0 Å². The van der Waals surface area contributed by atoms with Crippen molar-refractivity contribution >= 4 is 17.1 Å². The molecule has 0 spiro atoms. The molecule has 0 saturated carbocycles. The van der Waals surface area contributed by atoms with Gasteiger partial charge in [0.25, 0.3) is 6.01 Å². The molecule has 1 aliphatic heterocycles. The van der Waals surface area contributed by atoms with Crippen molar-refractivity contribution in [2.45, 2.75) is 38.8 Å². The minimum absolute atomic E-state index is 0.407. The number of aromatic nitrogens is 6. The largest absolute Gasteiger partial charge is 0.423 e. The molecule has 1 saturated heterocycles. The number of fused-ring (bicyclic) bond motifs is 1. The molecule has 8 heteroatoms. The lowest BCUT2D eigenvalue weighted by Gasteiger charge is -2.30. The number of benzene rings is 1. The van der Waals surface area contributed by atoms with Gasteiger partial charge in [-0.05, 0) is 31.9 Å². The maximum absolute atomic E-state index is 5.93. The van der Waals surface area contributed by atoms with Crippen LogP contribution in [0.5, 0.6) is 0 Å². The third-order valence-electron chi connectivity index (χ3n) is 5.47. The fourth-order valence-electron chi connectivity index (χ4n) is 3.98. The Morgan fingerprint density at radius 2 is 2.00 bits per heavy atom. The van der Waals surface area contributed by atoms with Gasteiger partial charge in [-0.2, -0.15) is 4.98 Å². The standard InChI is InChI=1S/C20H23N7O/c1-2-27-18(13-25-12-9-21-14-25)23-24-19(27)15-7-10-26(11-8-15)20-22-16-5-3-4-6-17(16)28-20/h3-6,9,12,14-15H,2,7-8,10-11,13H2,1H3. The minimum atomic E-state index is 0.407. The molecule has 1 aliphatic rings. The molecule has 3 aromatic heterocycles. The quantitative estimate of drug-likeness (QED) is 0.532. The Morgan fingerprint density at radius 3 is 2.75 bits per heavy atom. The maximum atomic E-state index is 5.93. The Hall–Kier alpha value is -3.16. The van der Waals surface area contributed by atoms with Gasteiger partial charge in [-0.3, -0.25) is 0 Å². The van der Waals surface area contributed by atoms with Gasteiger partial charge in [-0.25, -0.2) is 4.98 Å². The van der Waals surface area contributed by atoms with Crippen LogP contribution in [-0.2, 0) is 13.1 Å². The Labute approximate surface area is 162 Å². The topological polar surface area (TPSA) is 77.8 Å². The number of nitrogens with zero attached hydrogens (tertiary/aromatic N) is 7. The molecule has 5 rings (SSSR count). The van der Waals surface area contributed by atoms with E-state index in [1.807, 2.05) is 41.4 Å². The molecule has 8 nitrogen and oxygen atoms in total. The molecule has 0 bridgehead atoms. The Kier molecular flexibility index (Phi) is 4.31. The molecular weight excluding hydrogens is 354 g/mol. The summed E-state index contributed by atoms with van der Waals surface area (Å²) in [6.45, 7) is 5.54. The van der Waals surface area contributed by atoms with E-state index >= 15 is 0 Å². The number of anilines is 1. The normalized spacial score (nSPS) is 15.5. The number of hydrogen-bond acceptors (Lipinski definition) is 6. The third kappa shape index (κ3) is 3.04. The molecule has 144 valence electrons. The first kappa shape index (κ1) is 17.0. The molecule has 4 aromatic rings. The summed E-state index contributed by atoms with van der Waals surface area (Å²) >= 11 is 0. The highest BCUT2D eigenvalue weighted by Gasteiger charge is 2.27. The predicted octanol–water partition coefficient (Wildman–Crippen LogP) is 3.07. The number of oxazole rings is 1. The van der Waals surface area contributed by atoms with Crippen LogP contribution in [0.4, 0.5) is 6.01 Å². The van der Waals surface area contributed by atoms with Gasteiger partial charge in [-0.1, -0.05) is 12.1 Å². The van der Waals surface area contributed by atoms with Gasteiger partial charge in [0.1, 0.15) is 11.3 Å². The van der Waals surface area contributed by atoms with Crippen molar-refractivity contribution in [3.63, 3.8) is 0 Å². The molecule has 0 unspecified atom stereocenters. The van der Waals surface area contributed by atoms with Crippen molar-refractivity contribution < 1.29 is 4.42 Å². The van der Waals surface area contributed by atoms with Crippen molar-refractivity contribution in [2.75, 3.05) is 18.0 Å². The van der Waals surface area contributed by atoms with Crippen molar-refractivity contribution in [3.05, 3.63) is 54.6 Å². The lowest BCUT2D eigenvalue weighted by Crippen LogP contribution is -2.34. The second kappa shape index (κ2) is 7.10. The minimum Gasteiger partial charge on any atom is -0.423 e. The average Bonchev–Trinajstić information content (AvgIpc) is 3.48. The van der Waals surface area contributed by atoms with Gasteiger partial charge in [0.05, 0.1) is 12.9 Å². The van der Waals surface area contributed by atoms with E-state index < -0.39 is 0 Å². The highest BCUT2D eigenvalue weighted by molar-refractivity contribution is 5.74. The number of imidazole rings is 1. The van der Waals surface area contributed by atoms with E-state index in [1.54, 1.807) is 6.20 Å². The smallest absolute Gasteiger partial charge is 0.298 e. The van der Waals surface area contributed by atoms with Gasteiger partial charge in [0, 0.05) is 37.9 Å². The highest BCUT2D eigenvalue weighted by Crippen LogP contribution is 2.31. The van der Waals surface area contributed by atoms with Gasteiger partial charge in [-0.15, -0.1) is 10.2 Å². The average molecular weight is 377 g/mol. The molecule has 1 aromatic carbocycles. The van der Waals surface area contributed by atoms with Crippen LogP contribution in [0.15, 0.2) is 47.4 Å². The molecule has 0 amide bonds. The predicted molar refractivity (Wildman–Crippen MR) is 105 cm³/mol. The van der Waals surface area contributed by atoms with Crippen LogP contribution in [0, 0.1) is 0 Å². The molecule has 1 fully saturated rings. The van der Waals surface area contributed by atoms with Crippen LogP contribution in [0.1, 0.15) is 37.3 Å². The fraction of sp³-hybridized carbons (Fsp3) is 0.400. The van der Waals surface area contributed by atoms with E-state index in [1.165, 1.54) is 0 Å². The summed E-state index contributed by atoms with van der Waals surface area (Å²) in [4.78, 5) is 11.0. The lowest BCUT2D eigenvalue weighted by molar-refractivity contribution is 0.440. The lowest BCUT2D eigenvalue weighted by atomic mass is 9.96. The van der Waals surface area contributed by atoms with E-state index in [9.17, 15) is 0 Å². The van der Waals surface area contributed by atoms with Crippen molar-refractivity contribution in [3.8, 4) is 0 Å². The summed E-state index contributed by atoms with van der Waals surface area (Å²) in [7, 11) is 0. The molecule has 0 aliphatic carbocycles. The molecule has 4 heterocycles. The molecule has 0 radical (unpaired) electrons.